The normalized spacial score (nSPS) is 31.8. The minimum Gasteiger partial charge on any atom is -0.479 e. The lowest BCUT2D eigenvalue weighted by Crippen LogP contribution is -2.64. The number of esters is 1. The maximum absolute atomic E-state index is 11.9. The summed E-state index contributed by atoms with van der Waals surface area (Å²) in [4.78, 5) is 35.9. The molecule has 2 fully saturated rings. The van der Waals surface area contributed by atoms with Crippen LogP contribution in [0.3, 0.4) is 0 Å². The molecular weight excluding hydrogens is 266 g/mol. The molecule has 2 heterocycles. The van der Waals surface area contributed by atoms with Gasteiger partial charge in [-0.2, -0.15) is 0 Å². The molecule has 0 aromatic carbocycles. The molecule has 0 aromatic heterocycles. The number of fused-ring (bicyclic) bond motifs is 1. The second kappa shape index (κ2) is 5.24. The summed E-state index contributed by atoms with van der Waals surface area (Å²) in [5.41, 5.74) is 0.345. The Labute approximate surface area is 115 Å². The van der Waals surface area contributed by atoms with Crippen LogP contribution in [0, 0.1) is 5.92 Å². The van der Waals surface area contributed by atoms with Gasteiger partial charge in [-0.05, 0) is 25.8 Å². The smallest absolute Gasteiger partial charge is 0.330 e. The fourth-order valence-electron chi connectivity index (χ4n) is 2.95. The Bertz CT molecular complexity index is 483. The average Bonchev–Trinajstić information content (AvgIpc) is 2.63. The van der Waals surface area contributed by atoms with E-state index in [4.69, 9.17) is 4.74 Å². The SMILES string of the molecule is CCOC(=O)/C=C1\C[C@@H]2[C@@H]([C@@H](C)O)C(=O)N2[C@H]1C(=O)O. The quantitative estimate of drug-likeness (QED) is 0.411. The van der Waals surface area contributed by atoms with Crippen molar-refractivity contribution >= 4 is 17.8 Å². The van der Waals surface area contributed by atoms with Gasteiger partial charge in [-0.1, -0.05) is 0 Å². The van der Waals surface area contributed by atoms with E-state index in [0.29, 0.717) is 5.57 Å². The largest absolute Gasteiger partial charge is 0.479 e. The standard InChI is InChI=1S/C13H17NO6/c1-3-20-9(16)5-7-4-8-10(6(2)15)12(17)14(8)11(7)13(18)19/h5-6,8,10-11,15H,3-4H2,1-2H3,(H,18,19)/b7-5+/t6-,8-,10-,11-/m1/s1. The molecule has 0 radical (unpaired) electrons. The summed E-state index contributed by atoms with van der Waals surface area (Å²) in [7, 11) is 0. The van der Waals surface area contributed by atoms with Crippen molar-refractivity contribution in [1.29, 1.82) is 0 Å². The number of carboxylic acid groups (broad SMARTS) is 1. The van der Waals surface area contributed by atoms with Gasteiger partial charge in [-0.25, -0.2) is 9.59 Å². The van der Waals surface area contributed by atoms with Crippen LogP contribution in [0.5, 0.6) is 0 Å². The van der Waals surface area contributed by atoms with Crippen LogP contribution in [-0.2, 0) is 19.1 Å². The molecule has 1 amide bonds. The highest BCUT2D eigenvalue weighted by atomic mass is 16.5. The van der Waals surface area contributed by atoms with Crippen LogP contribution >= 0.6 is 0 Å². The molecule has 110 valence electrons. The molecular formula is C13H17NO6. The Kier molecular flexibility index (Phi) is 3.80. The van der Waals surface area contributed by atoms with E-state index in [9.17, 15) is 24.6 Å². The number of nitrogens with zero attached hydrogens (tertiary/aromatic N) is 1. The summed E-state index contributed by atoms with van der Waals surface area (Å²) in [5.74, 6) is -2.77. The summed E-state index contributed by atoms with van der Waals surface area (Å²) >= 11 is 0. The number of carboxylic acids is 1. The van der Waals surface area contributed by atoms with Crippen molar-refractivity contribution in [2.24, 2.45) is 5.92 Å². The first-order valence-corrected chi connectivity index (χ1v) is 6.48. The third-order valence-corrected chi connectivity index (χ3v) is 3.73. The van der Waals surface area contributed by atoms with Crippen LogP contribution in [0.1, 0.15) is 20.3 Å². The second-order valence-electron chi connectivity index (χ2n) is 5.00. The minimum absolute atomic E-state index is 0.197. The van der Waals surface area contributed by atoms with Crippen molar-refractivity contribution in [2.75, 3.05) is 6.61 Å². The minimum atomic E-state index is -1.18. The Hall–Kier alpha value is -1.89. The molecule has 2 saturated heterocycles. The molecule has 2 aliphatic heterocycles. The number of aliphatic hydroxyl groups excluding tert-OH is 1. The summed E-state index contributed by atoms with van der Waals surface area (Å²) < 4.78 is 4.76. The van der Waals surface area contributed by atoms with Gasteiger partial charge >= 0.3 is 11.9 Å². The predicted octanol–water partition coefficient (Wildman–Crippen LogP) is -0.459. The number of rotatable bonds is 4. The lowest BCUT2D eigenvalue weighted by atomic mass is 9.84. The Morgan fingerprint density at radius 2 is 2.20 bits per heavy atom. The third kappa shape index (κ3) is 2.18. The van der Waals surface area contributed by atoms with E-state index in [1.54, 1.807) is 6.92 Å². The molecule has 4 atom stereocenters. The van der Waals surface area contributed by atoms with E-state index in [0.717, 1.165) is 6.08 Å². The first-order chi connectivity index (χ1) is 9.38. The fraction of sp³-hybridized carbons (Fsp3) is 0.615. The zero-order chi connectivity index (χ0) is 15.0. The Morgan fingerprint density at radius 1 is 1.55 bits per heavy atom. The number of hydrogen-bond acceptors (Lipinski definition) is 5. The number of aliphatic hydroxyl groups is 1. The highest BCUT2D eigenvalue weighted by Crippen LogP contribution is 2.43. The first kappa shape index (κ1) is 14.5. The highest BCUT2D eigenvalue weighted by molar-refractivity contribution is 5.96. The number of carbonyl (C=O) groups is 3. The topological polar surface area (TPSA) is 104 Å². The number of aliphatic carboxylic acids is 1. The molecule has 2 aliphatic rings. The molecule has 7 nitrogen and oxygen atoms in total. The van der Waals surface area contributed by atoms with Crippen LogP contribution in [0.4, 0.5) is 0 Å². The van der Waals surface area contributed by atoms with Crippen molar-refractivity contribution < 1.29 is 29.3 Å². The van der Waals surface area contributed by atoms with Gasteiger partial charge in [0, 0.05) is 6.08 Å². The van der Waals surface area contributed by atoms with Gasteiger partial charge in [-0.3, -0.25) is 4.79 Å². The van der Waals surface area contributed by atoms with Gasteiger partial charge < -0.3 is 19.8 Å². The van der Waals surface area contributed by atoms with Crippen molar-refractivity contribution in [3.63, 3.8) is 0 Å². The molecule has 7 heteroatoms. The van der Waals surface area contributed by atoms with Crippen LogP contribution in [0.25, 0.3) is 0 Å². The van der Waals surface area contributed by atoms with Crippen LogP contribution < -0.4 is 0 Å². The van der Waals surface area contributed by atoms with Crippen molar-refractivity contribution in [3.05, 3.63) is 11.6 Å². The molecule has 20 heavy (non-hydrogen) atoms. The number of carbonyl (C=O) groups excluding carboxylic acids is 2. The van der Waals surface area contributed by atoms with E-state index >= 15 is 0 Å². The molecule has 2 rings (SSSR count). The van der Waals surface area contributed by atoms with Crippen molar-refractivity contribution in [1.82, 2.24) is 4.90 Å². The summed E-state index contributed by atoms with van der Waals surface area (Å²) in [6.45, 7) is 3.35. The molecule has 0 spiro atoms. The third-order valence-electron chi connectivity index (χ3n) is 3.73. The first-order valence-electron chi connectivity index (χ1n) is 6.48. The van der Waals surface area contributed by atoms with Crippen LogP contribution in [0.2, 0.25) is 0 Å². The zero-order valence-electron chi connectivity index (χ0n) is 11.3. The van der Waals surface area contributed by atoms with E-state index < -0.39 is 30.0 Å². The van der Waals surface area contributed by atoms with Crippen molar-refractivity contribution in [2.45, 2.75) is 38.5 Å². The van der Waals surface area contributed by atoms with Crippen LogP contribution in [-0.4, -0.2) is 57.8 Å². The second-order valence-corrected chi connectivity index (χ2v) is 5.00. The molecule has 0 saturated carbocycles. The van der Waals surface area contributed by atoms with Crippen LogP contribution in [0.15, 0.2) is 11.6 Å². The van der Waals surface area contributed by atoms with Gasteiger partial charge in [-0.15, -0.1) is 0 Å². The Morgan fingerprint density at radius 3 is 2.70 bits per heavy atom. The van der Waals surface area contributed by atoms with E-state index in [2.05, 4.69) is 0 Å². The zero-order valence-corrected chi connectivity index (χ0v) is 11.3. The highest BCUT2D eigenvalue weighted by Gasteiger charge is 2.59. The maximum atomic E-state index is 11.9. The number of hydrogen-bond donors (Lipinski definition) is 2. The van der Waals surface area contributed by atoms with E-state index in [1.165, 1.54) is 11.8 Å². The van der Waals surface area contributed by atoms with Crippen molar-refractivity contribution in [3.8, 4) is 0 Å². The van der Waals surface area contributed by atoms with Gasteiger partial charge in [0.15, 0.2) is 6.04 Å². The van der Waals surface area contributed by atoms with Gasteiger partial charge in [0.2, 0.25) is 5.91 Å². The van der Waals surface area contributed by atoms with Gasteiger partial charge in [0.05, 0.1) is 24.7 Å². The lowest BCUT2D eigenvalue weighted by molar-refractivity contribution is -0.169. The number of β-lactam (4-membered cyclic amide) rings is 1. The maximum Gasteiger partial charge on any atom is 0.330 e. The average molecular weight is 283 g/mol. The lowest BCUT2D eigenvalue weighted by Gasteiger charge is -2.45. The molecule has 0 bridgehead atoms. The number of ether oxygens (including phenoxy) is 1. The Balaban J connectivity index is 2.25. The summed E-state index contributed by atoms with van der Waals surface area (Å²) in [6, 6.07) is -1.49. The van der Waals surface area contributed by atoms with E-state index in [-0.39, 0.29) is 25.0 Å². The van der Waals surface area contributed by atoms with E-state index in [1.807, 2.05) is 0 Å². The molecule has 0 aliphatic carbocycles. The van der Waals surface area contributed by atoms with Gasteiger partial charge in [0.1, 0.15) is 0 Å². The molecule has 2 N–H and O–H groups in total. The summed E-state index contributed by atoms with van der Waals surface area (Å²) in [6.07, 6.45) is 0.588. The predicted molar refractivity (Wildman–Crippen MR) is 66.6 cm³/mol. The molecule has 0 unspecified atom stereocenters. The fourth-order valence-corrected chi connectivity index (χ4v) is 2.95. The summed E-state index contributed by atoms with van der Waals surface area (Å²) in [5, 5.41) is 18.8. The monoisotopic (exact) mass is 283 g/mol. The van der Waals surface area contributed by atoms with Gasteiger partial charge in [0.25, 0.3) is 0 Å². The number of amides is 1. The molecule has 0 aromatic rings.